The maximum Gasteiger partial charge on any atom is 0.342 e. The van der Waals surface area contributed by atoms with E-state index in [-0.39, 0.29) is 0 Å². The van der Waals surface area contributed by atoms with Crippen LogP contribution in [0, 0.1) is 0 Å². The smallest absolute Gasteiger partial charge is 0.342 e. The lowest BCUT2D eigenvalue weighted by molar-refractivity contribution is 0.0315. The number of carbonyl (C=O) groups is 1. The maximum atomic E-state index is 12.1. The largest absolute Gasteiger partial charge is 0.451 e. The molecule has 1 atom stereocenters. The zero-order chi connectivity index (χ0) is 15.9. The molecule has 2 aromatic heterocycles. The molecule has 1 aromatic carbocycles. The molecule has 0 radical (unpaired) electrons. The van der Waals surface area contributed by atoms with Crippen molar-refractivity contribution in [3.05, 3.63) is 47.0 Å². The number of hydrogen-bond acceptors (Lipinski definition) is 4. The molecule has 0 amide bonds. The van der Waals surface area contributed by atoms with Gasteiger partial charge in [-0.05, 0) is 25.1 Å². The van der Waals surface area contributed by atoms with Crippen LogP contribution < -0.4 is 0 Å². The van der Waals surface area contributed by atoms with Gasteiger partial charge >= 0.3 is 5.97 Å². The van der Waals surface area contributed by atoms with Crippen LogP contribution in [0.5, 0.6) is 0 Å². The third kappa shape index (κ3) is 2.57. The van der Waals surface area contributed by atoms with Crippen LogP contribution in [0.25, 0.3) is 11.0 Å². The number of rotatable bonds is 3. The first kappa shape index (κ1) is 14.6. The van der Waals surface area contributed by atoms with Crippen LogP contribution in [-0.4, -0.2) is 25.3 Å². The van der Waals surface area contributed by atoms with Crippen LogP contribution >= 0.6 is 11.6 Å². The number of halogens is 1. The summed E-state index contributed by atoms with van der Waals surface area (Å²) in [6.45, 7) is 1.79. The summed E-state index contributed by atoms with van der Waals surface area (Å²) in [4.78, 5) is 16.6. The highest BCUT2D eigenvalue weighted by Crippen LogP contribution is 2.24. The Balaban J connectivity index is 1.87. The predicted molar refractivity (Wildman–Crippen MR) is 82.8 cm³/mol. The monoisotopic (exact) mass is 318 g/mol. The van der Waals surface area contributed by atoms with Gasteiger partial charge in [0.05, 0.1) is 22.8 Å². The van der Waals surface area contributed by atoms with Crippen LogP contribution in [-0.2, 0) is 18.8 Å². The van der Waals surface area contributed by atoms with Gasteiger partial charge in [-0.3, -0.25) is 4.68 Å². The number of nitrogens with zero attached hydrogens (tertiary/aromatic N) is 4. The number of carbonyl (C=O) groups excluding carboxylic acids is 1. The molecular formula is C15H15ClN4O2. The minimum Gasteiger partial charge on any atom is -0.451 e. The highest BCUT2D eigenvalue weighted by atomic mass is 35.5. The fourth-order valence-corrected chi connectivity index (χ4v) is 2.52. The second-order valence-electron chi connectivity index (χ2n) is 5.11. The molecule has 3 rings (SSSR count). The third-order valence-electron chi connectivity index (χ3n) is 3.47. The van der Waals surface area contributed by atoms with Crippen molar-refractivity contribution in [3.8, 4) is 0 Å². The molecule has 6 nitrogen and oxygen atoms in total. The van der Waals surface area contributed by atoms with Gasteiger partial charge in [0.2, 0.25) is 0 Å². The molecular weight excluding hydrogens is 304 g/mol. The van der Waals surface area contributed by atoms with Gasteiger partial charge < -0.3 is 9.30 Å². The van der Waals surface area contributed by atoms with Gasteiger partial charge in [-0.2, -0.15) is 5.10 Å². The molecule has 7 heteroatoms. The van der Waals surface area contributed by atoms with Crippen LogP contribution in [0.2, 0.25) is 5.02 Å². The number of fused-ring (bicyclic) bond motifs is 1. The molecule has 0 aliphatic carbocycles. The quantitative estimate of drug-likeness (QED) is 0.697. The summed E-state index contributed by atoms with van der Waals surface area (Å²) in [5, 5.41) is 4.60. The van der Waals surface area contributed by atoms with Crippen molar-refractivity contribution in [1.29, 1.82) is 0 Å². The second kappa shape index (κ2) is 5.46. The summed E-state index contributed by atoms with van der Waals surface area (Å²) in [5.41, 5.74) is 2.12. The van der Waals surface area contributed by atoms with E-state index in [1.807, 2.05) is 23.7 Å². The normalized spacial score (nSPS) is 12.5. The first-order chi connectivity index (χ1) is 10.5. The fraction of sp³-hybridized carbons (Fsp3) is 0.267. The average molecular weight is 319 g/mol. The van der Waals surface area contributed by atoms with Crippen LogP contribution in [0.1, 0.15) is 29.2 Å². The van der Waals surface area contributed by atoms with E-state index >= 15 is 0 Å². The zero-order valence-electron chi connectivity index (χ0n) is 12.4. The van der Waals surface area contributed by atoms with E-state index in [2.05, 4.69) is 10.1 Å². The van der Waals surface area contributed by atoms with Crippen molar-refractivity contribution in [2.45, 2.75) is 13.0 Å². The lowest BCUT2D eigenvalue weighted by atomic mass is 10.3. The minimum absolute atomic E-state index is 0.413. The van der Waals surface area contributed by atoms with E-state index in [9.17, 15) is 4.79 Å². The molecule has 0 saturated heterocycles. The molecule has 0 saturated carbocycles. The van der Waals surface area contributed by atoms with Gasteiger partial charge in [-0.1, -0.05) is 11.6 Å². The van der Waals surface area contributed by atoms with Gasteiger partial charge in [0.15, 0.2) is 11.9 Å². The first-order valence-corrected chi connectivity index (χ1v) is 7.15. The Morgan fingerprint density at radius 2 is 2.14 bits per heavy atom. The maximum absolute atomic E-state index is 12.1. The van der Waals surface area contributed by atoms with Crippen molar-refractivity contribution < 1.29 is 9.53 Å². The molecule has 0 fully saturated rings. The standard InChI is InChI=1S/C15H15ClN4O2/c1-9(22-15(21)10-7-17-19(2)8-10)14-18-12-5-4-11(16)6-13(12)20(14)3/h4-9H,1-3H3. The number of ether oxygens (including phenoxy) is 1. The summed E-state index contributed by atoms with van der Waals surface area (Å²) in [7, 11) is 3.62. The number of benzene rings is 1. The third-order valence-corrected chi connectivity index (χ3v) is 3.70. The molecule has 114 valence electrons. The van der Waals surface area contributed by atoms with E-state index in [0.29, 0.717) is 16.4 Å². The average Bonchev–Trinajstić information content (AvgIpc) is 3.04. The summed E-state index contributed by atoms with van der Waals surface area (Å²) in [6.07, 6.45) is 2.61. The van der Waals surface area contributed by atoms with Gasteiger partial charge in [-0.25, -0.2) is 9.78 Å². The van der Waals surface area contributed by atoms with E-state index in [0.717, 1.165) is 11.0 Å². The van der Waals surface area contributed by atoms with Crippen LogP contribution in [0.3, 0.4) is 0 Å². The Bertz CT molecular complexity index is 852. The first-order valence-electron chi connectivity index (χ1n) is 6.77. The van der Waals surface area contributed by atoms with Crippen LogP contribution in [0.4, 0.5) is 0 Å². The number of hydrogen-bond donors (Lipinski definition) is 0. The van der Waals surface area contributed by atoms with Crippen molar-refractivity contribution in [3.63, 3.8) is 0 Å². The SMILES string of the molecule is CC(OC(=O)c1cnn(C)c1)c1nc2ccc(Cl)cc2n1C. The minimum atomic E-state index is -0.483. The number of aromatic nitrogens is 4. The Hall–Kier alpha value is -2.34. The number of esters is 1. The lowest BCUT2D eigenvalue weighted by Gasteiger charge is -2.12. The van der Waals surface area contributed by atoms with E-state index < -0.39 is 12.1 Å². The summed E-state index contributed by atoms with van der Waals surface area (Å²) in [5.74, 6) is 0.236. The fourth-order valence-electron chi connectivity index (χ4n) is 2.35. The van der Waals surface area contributed by atoms with Gasteiger partial charge in [0.25, 0.3) is 0 Å². The Labute approximate surface area is 132 Å². The molecule has 2 heterocycles. The highest BCUT2D eigenvalue weighted by molar-refractivity contribution is 6.31. The molecule has 0 bridgehead atoms. The summed E-state index contributed by atoms with van der Waals surface area (Å²) < 4.78 is 8.90. The summed E-state index contributed by atoms with van der Waals surface area (Å²) in [6, 6.07) is 5.47. The summed E-state index contributed by atoms with van der Waals surface area (Å²) >= 11 is 6.01. The molecule has 0 aliphatic rings. The van der Waals surface area contributed by atoms with Crippen LogP contribution in [0.15, 0.2) is 30.6 Å². The zero-order valence-corrected chi connectivity index (χ0v) is 13.2. The number of aryl methyl sites for hydroxylation is 2. The van der Waals surface area contributed by atoms with Gasteiger partial charge in [-0.15, -0.1) is 0 Å². The van der Waals surface area contributed by atoms with E-state index in [1.165, 1.54) is 6.20 Å². The predicted octanol–water partition coefficient (Wildman–Crippen LogP) is 2.88. The molecule has 1 unspecified atom stereocenters. The molecule has 0 N–H and O–H groups in total. The Kier molecular flexibility index (Phi) is 3.62. The van der Waals surface area contributed by atoms with Crippen molar-refractivity contribution >= 4 is 28.6 Å². The Morgan fingerprint density at radius 1 is 1.36 bits per heavy atom. The molecule has 0 spiro atoms. The molecule has 0 aliphatic heterocycles. The number of imidazole rings is 1. The Morgan fingerprint density at radius 3 is 2.82 bits per heavy atom. The molecule has 3 aromatic rings. The highest BCUT2D eigenvalue weighted by Gasteiger charge is 2.20. The topological polar surface area (TPSA) is 61.9 Å². The van der Waals surface area contributed by atoms with E-state index in [1.54, 1.807) is 30.9 Å². The van der Waals surface area contributed by atoms with Crippen molar-refractivity contribution in [2.24, 2.45) is 14.1 Å². The second-order valence-corrected chi connectivity index (χ2v) is 5.55. The van der Waals surface area contributed by atoms with Gasteiger partial charge in [0.1, 0.15) is 0 Å². The lowest BCUT2D eigenvalue weighted by Crippen LogP contribution is -2.12. The van der Waals surface area contributed by atoms with E-state index in [4.69, 9.17) is 16.3 Å². The van der Waals surface area contributed by atoms with Gasteiger partial charge in [0, 0.05) is 25.3 Å². The van der Waals surface area contributed by atoms with Crippen molar-refractivity contribution in [1.82, 2.24) is 19.3 Å². The molecule has 22 heavy (non-hydrogen) atoms. The van der Waals surface area contributed by atoms with Crippen molar-refractivity contribution in [2.75, 3.05) is 0 Å².